The van der Waals surface area contributed by atoms with Crippen LogP contribution < -0.4 is 5.32 Å². The molecule has 1 aliphatic carbocycles. The van der Waals surface area contributed by atoms with Gasteiger partial charge in [0.05, 0.1) is 6.04 Å². The molecule has 2 aliphatic rings. The van der Waals surface area contributed by atoms with E-state index in [9.17, 15) is 4.79 Å². The molecule has 0 spiro atoms. The van der Waals surface area contributed by atoms with Gasteiger partial charge in [-0.25, -0.2) is 0 Å². The molecule has 0 aromatic rings. The highest BCUT2D eigenvalue weighted by atomic mass is 16.2. The van der Waals surface area contributed by atoms with Gasteiger partial charge in [0, 0.05) is 13.1 Å². The van der Waals surface area contributed by atoms with Crippen LogP contribution in [0.3, 0.4) is 0 Å². The minimum Gasteiger partial charge on any atom is -0.341 e. The van der Waals surface area contributed by atoms with Gasteiger partial charge in [0.2, 0.25) is 5.91 Å². The zero-order chi connectivity index (χ0) is 10.9. The number of carbonyl (C=O) groups is 1. The summed E-state index contributed by atoms with van der Waals surface area (Å²) in [5.41, 5.74) is 0.448. The number of piperidine rings is 1. The Balaban J connectivity index is 1.90. The number of likely N-dealkylation sites (tertiary alicyclic amines) is 1. The fourth-order valence-corrected chi connectivity index (χ4v) is 2.37. The van der Waals surface area contributed by atoms with Gasteiger partial charge >= 0.3 is 0 Å². The molecule has 1 unspecified atom stereocenters. The lowest BCUT2D eigenvalue weighted by Gasteiger charge is -2.34. The summed E-state index contributed by atoms with van der Waals surface area (Å²) >= 11 is 0. The van der Waals surface area contributed by atoms with E-state index < -0.39 is 0 Å². The fourth-order valence-electron chi connectivity index (χ4n) is 2.37. The number of carbonyl (C=O) groups excluding carboxylic acids is 1. The lowest BCUT2D eigenvalue weighted by atomic mass is 10.0. The van der Waals surface area contributed by atoms with Crippen LogP contribution >= 0.6 is 0 Å². The van der Waals surface area contributed by atoms with Gasteiger partial charge in [0.25, 0.3) is 0 Å². The van der Waals surface area contributed by atoms with E-state index in [1.807, 2.05) is 0 Å². The second-order valence-electron chi connectivity index (χ2n) is 5.32. The summed E-state index contributed by atoms with van der Waals surface area (Å²) in [6.07, 6.45) is 4.75. The SMILES string of the molecule is CCNC1CCCN(CC2(C)CC2)C1=O. The molecule has 0 aromatic carbocycles. The van der Waals surface area contributed by atoms with Crippen LogP contribution in [0.4, 0.5) is 0 Å². The molecular formula is C12H22N2O. The summed E-state index contributed by atoms with van der Waals surface area (Å²) in [5, 5.41) is 3.28. The van der Waals surface area contributed by atoms with Crippen molar-refractivity contribution in [3.63, 3.8) is 0 Å². The Bertz CT molecular complexity index is 246. The van der Waals surface area contributed by atoms with Crippen LogP contribution in [0.15, 0.2) is 0 Å². The topological polar surface area (TPSA) is 32.3 Å². The zero-order valence-electron chi connectivity index (χ0n) is 9.88. The molecule has 0 bridgehead atoms. The first-order chi connectivity index (χ1) is 7.14. The van der Waals surface area contributed by atoms with Crippen LogP contribution in [0.25, 0.3) is 0 Å². The van der Waals surface area contributed by atoms with Gasteiger partial charge in [-0.2, -0.15) is 0 Å². The van der Waals surface area contributed by atoms with Gasteiger partial charge in [-0.15, -0.1) is 0 Å². The number of rotatable bonds is 4. The molecule has 1 atom stereocenters. The molecular weight excluding hydrogens is 188 g/mol. The standard InChI is InChI=1S/C12H22N2O/c1-3-13-10-5-4-8-14(11(10)15)9-12(2)6-7-12/h10,13H,3-9H2,1-2H3. The summed E-state index contributed by atoms with van der Waals surface area (Å²) in [4.78, 5) is 14.2. The molecule has 0 aromatic heterocycles. The number of amides is 1. The maximum Gasteiger partial charge on any atom is 0.239 e. The van der Waals surface area contributed by atoms with Crippen molar-refractivity contribution in [3.8, 4) is 0 Å². The van der Waals surface area contributed by atoms with Crippen LogP contribution in [0, 0.1) is 5.41 Å². The number of hydrogen-bond donors (Lipinski definition) is 1. The van der Waals surface area contributed by atoms with Gasteiger partial charge in [0.1, 0.15) is 0 Å². The maximum atomic E-state index is 12.1. The van der Waals surface area contributed by atoms with Crippen molar-refractivity contribution in [1.29, 1.82) is 0 Å². The first kappa shape index (κ1) is 10.9. The molecule has 1 saturated carbocycles. The first-order valence-corrected chi connectivity index (χ1v) is 6.17. The Labute approximate surface area is 92.2 Å². The van der Waals surface area contributed by atoms with Gasteiger partial charge in [-0.05, 0) is 37.6 Å². The minimum atomic E-state index is 0.0890. The molecule has 3 nitrogen and oxygen atoms in total. The summed E-state index contributed by atoms with van der Waals surface area (Å²) in [5.74, 6) is 0.330. The zero-order valence-corrected chi connectivity index (χ0v) is 9.88. The number of nitrogens with zero attached hydrogens (tertiary/aromatic N) is 1. The van der Waals surface area contributed by atoms with E-state index in [1.54, 1.807) is 0 Å². The number of likely N-dealkylation sites (N-methyl/N-ethyl adjacent to an activating group) is 1. The Morgan fingerprint density at radius 3 is 2.87 bits per heavy atom. The smallest absolute Gasteiger partial charge is 0.239 e. The van der Waals surface area contributed by atoms with E-state index >= 15 is 0 Å². The molecule has 0 radical (unpaired) electrons. The summed E-state index contributed by atoms with van der Waals surface area (Å²) in [6.45, 7) is 7.19. The second kappa shape index (κ2) is 4.12. The molecule has 2 rings (SSSR count). The van der Waals surface area contributed by atoms with Gasteiger partial charge in [-0.1, -0.05) is 13.8 Å². The van der Waals surface area contributed by atoms with E-state index in [2.05, 4.69) is 24.1 Å². The van der Waals surface area contributed by atoms with Crippen molar-refractivity contribution < 1.29 is 4.79 Å². The van der Waals surface area contributed by atoms with Crippen molar-refractivity contribution in [1.82, 2.24) is 10.2 Å². The normalized spacial score (nSPS) is 29.3. The van der Waals surface area contributed by atoms with Gasteiger partial charge in [0.15, 0.2) is 0 Å². The molecule has 3 heteroatoms. The Morgan fingerprint density at radius 1 is 1.53 bits per heavy atom. The molecule has 1 saturated heterocycles. The largest absolute Gasteiger partial charge is 0.341 e. The minimum absolute atomic E-state index is 0.0890. The van der Waals surface area contributed by atoms with E-state index in [4.69, 9.17) is 0 Å². The maximum absolute atomic E-state index is 12.1. The Hall–Kier alpha value is -0.570. The van der Waals surface area contributed by atoms with Crippen molar-refractivity contribution in [2.45, 2.75) is 45.6 Å². The van der Waals surface area contributed by atoms with Crippen LogP contribution in [0.2, 0.25) is 0 Å². The van der Waals surface area contributed by atoms with Gasteiger partial charge in [-0.3, -0.25) is 4.79 Å². The summed E-state index contributed by atoms with van der Waals surface area (Å²) in [7, 11) is 0. The van der Waals surface area contributed by atoms with E-state index in [-0.39, 0.29) is 6.04 Å². The highest BCUT2D eigenvalue weighted by Gasteiger charge is 2.41. The van der Waals surface area contributed by atoms with Crippen molar-refractivity contribution in [2.24, 2.45) is 5.41 Å². The average molecular weight is 210 g/mol. The van der Waals surface area contributed by atoms with Crippen LogP contribution in [0.5, 0.6) is 0 Å². The third kappa shape index (κ3) is 2.51. The van der Waals surface area contributed by atoms with Crippen LogP contribution in [0.1, 0.15) is 39.5 Å². The highest BCUT2D eigenvalue weighted by molar-refractivity contribution is 5.82. The van der Waals surface area contributed by atoms with Crippen molar-refractivity contribution in [3.05, 3.63) is 0 Å². The highest BCUT2D eigenvalue weighted by Crippen LogP contribution is 2.45. The predicted molar refractivity (Wildman–Crippen MR) is 60.6 cm³/mol. The lowest BCUT2D eigenvalue weighted by Crippen LogP contribution is -2.51. The molecule has 15 heavy (non-hydrogen) atoms. The fraction of sp³-hybridized carbons (Fsp3) is 0.917. The van der Waals surface area contributed by atoms with E-state index in [1.165, 1.54) is 12.8 Å². The first-order valence-electron chi connectivity index (χ1n) is 6.17. The Kier molecular flexibility index (Phi) is 3.01. The molecule has 1 amide bonds. The molecule has 1 aliphatic heterocycles. The predicted octanol–water partition coefficient (Wildman–Crippen LogP) is 1.39. The van der Waals surface area contributed by atoms with Crippen LogP contribution in [-0.4, -0.2) is 36.5 Å². The molecule has 86 valence electrons. The Morgan fingerprint density at radius 2 is 2.27 bits per heavy atom. The van der Waals surface area contributed by atoms with Crippen molar-refractivity contribution in [2.75, 3.05) is 19.6 Å². The number of hydrogen-bond acceptors (Lipinski definition) is 2. The second-order valence-corrected chi connectivity index (χ2v) is 5.32. The third-order valence-electron chi connectivity index (χ3n) is 3.66. The monoisotopic (exact) mass is 210 g/mol. The number of nitrogens with one attached hydrogen (secondary N) is 1. The van der Waals surface area contributed by atoms with E-state index in [0.29, 0.717) is 11.3 Å². The summed E-state index contributed by atoms with van der Waals surface area (Å²) in [6, 6.07) is 0.0890. The van der Waals surface area contributed by atoms with Crippen LogP contribution in [-0.2, 0) is 4.79 Å². The van der Waals surface area contributed by atoms with Gasteiger partial charge < -0.3 is 10.2 Å². The average Bonchev–Trinajstić information content (AvgIpc) is 2.91. The summed E-state index contributed by atoms with van der Waals surface area (Å²) < 4.78 is 0. The quantitative estimate of drug-likeness (QED) is 0.760. The van der Waals surface area contributed by atoms with E-state index in [0.717, 1.165) is 32.5 Å². The molecule has 1 N–H and O–H groups in total. The van der Waals surface area contributed by atoms with Crippen molar-refractivity contribution >= 4 is 5.91 Å². The third-order valence-corrected chi connectivity index (χ3v) is 3.66. The molecule has 1 heterocycles. The lowest BCUT2D eigenvalue weighted by molar-refractivity contribution is -0.136. The molecule has 2 fully saturated rings.